The van der Waals surface area contributed by atoms with Gasteiger partial charge in [-0.15, -0.1) is 10.2 Å². The third kappa shape index (κ3) is 3.45. The fraction of sp³-hybridized carbons (Fsp3) is 0.467. The van der Waals surface area contributed by atoms with E-state index < -0.39 is 5.54 Å². The van der Waals surface area contributed by atoms with Crippen LogP contribution in [-0.4, -0.2) is 39.3 Å². The van der Waals surface area contributed by atoms with Crippen molar-refractivity contribution in [2.45, 2.75) is 24.0 Å². The number of hydrogen-bond acceptors (Lipinski definition) is 5. The first-order chi connectivity index (χ1) is 10.1. The van der Waals surface area contributed by atoms with Crippen LogP contribution in [0.3, 0.4) is 0 Å². The Balaban J connectivity index is 2.06. The molecule has 1 aromatic heterocycles. The van der Waals surface area contributed by atoms with Crippen molar-refractivity contribution in [3.63, 3.8) is 0 Å². The summed E-state index contributed by atoms with van der Waals surface area (Å²) < 4.78 is 1.98. The van der Waals surface area contributed by atoms with E-state index in [0.717, 1.165) is 28.7 Å². The molecular formula is C15H22N4OS. The van der Waals surface area contributed by atoms with E-state index in [9.17, 15) is 5.11 Å². The molecule has 1 atom stereocenters. The number of hydrogen-bond donors (Lipinski definition) is 2. The highest BCUT2D eigenvalue weighted by Crippen LogP contribution is 2.28. The summed E-state index contributed by atoms with van der Waals surface area (Å²) in [6.45, 7) is 2.00. The van der Waals surface area contributed by atoms with E-state index in [0.29, 0.717) is 0 Å². The third-order valence-corrected chi connectivity index (χ3v) is 4.91. The maximum Gasteiger partial charge on any atom is 0.190 e. The van der Waals surface area contributed by atoms with Crippen molar-refractivity contribution >= 4 is 11.8 Å². The second-order valence-corrected chi connectivity index (χ2v) is 6.11. The largest absolute Gasteiger partial charge is 0.394 e. The molecule has 21 heavy (non-hydrogen) atoms. The van der Waals surface area contributed by atoms with Gasteiger partial charge < -0.3 is 15.0 Å². The fourth-order valence-corrected chi connectivity index (χ4v) is 3.31. The average Bonchev–Trinajstić information content (AvgIpc) is 2.85. The summed E-state index contributed by atoms with van der Waals surface area (Å²) in [6.07, 6.45) is 0.806. The Kier molecular flexibility index (Phi) is 5.39. The van der Waals surface area contributed by atoms with Crippen molar-refractivity contribution < 1.29 is 5.11 Å². The molecule has 2 N–H and O–H groups in total. The third-order valence-electron chi connectivity index (χ3n) is 3.89. The lowest BCUT2D eigenvalue weighted by Crippen LogP contribution is -2.44. The molecule has 0 aliphatic carbocycles. The second kappa shape index (κ2) is 7.06. The lowest BCUT2D eigenvalue weighted by atomic mass is 9.88. The highest BCUT2D eigenvalue weighted by atomic mass is 32.2. The number of aliphatic hydroxyl groups excluding tert-OH is 1. The van der Waals surface area contributed by atoms with Gasteiger partial charge in [-0.2, -0.15) is 0 Å². The molecule has 0 saturated heterocycles. The van der Waals surface area contributed by atoms with Crippen LogP contribution in [0.5, 0.6) is 0 Å². The zero-order chi connectivity index (χ0) is 15.3. The van der Waals surface area contributed by atoms with Crippen LogP contribution in [0.15, 0.2) is 35.5 Å². The normalized spacial score (nSPS) is 14.1. The van der Waals surface area contributed by atoms with Gasteiger partial charge in [0.05, 0.1) is 12.1 Å². The standard InChI is InChI=1S/C15H22N4OS/c1-12-17-18-14(19(12)3)21-10-9-15(11-20,16-2)13-7-5-4-6-8-13/h4-8,16,20H,9-11H2,1-3H3. The molecule has 1 unspecified atom stereocenters. The van der Waals surface area contributed by atoms with Gasteiger partial charge in [-0.25, -0.2) is 0 Å². The van der Waals surface area contributed by atoms with E-state index in [1.807, 2.05) is 55.9 Å². The summed E-state index contributed by atoms with van der Waals surface area (Å²) in [5.41, 5.74) is 0.687. The number of aryl methyl sites for hydroxylation is 1. The van der Waals surface area contributed by atoms with Gasteiger partial charge in [0.15, 0.2) is 5.16 Å². The lowest BCUT2D eigenvalue weighted by molar-refractivity contribution is 0.165. The van der Waals surface area contributed by atoms with Crippen molar-refractivity contribution in [1.29, 1.82) is 0 Å². The number of thioether (sulfide) groups is 1. The molecule has 0 radical (unpaired) electrons. The minimum atomic E-state index is -0.415. The van der Waals surface area contributed by atoms with Gasteiger partial charge in [0.25, 0.3) is 0 Å². The molecule has 0 amide bonds. The van der Waals surface area contributed by atoms with Crippen LogP contribution in [0.4, 0.5) is 0 Å². The van der Waals surface area contributed by atoms with Crippen molar-refractivity contribution in [2.24, 2.45) is 7.05 Å². The van der Waals surface area contributed by atoms with Gasteiger partial charge in [-0.05, 0) is 26.0 Å². The summed E-state index contributed by atoms with van der Waals surface area (Å²) >= 11 is 1.66. The van der Waals surface area contributed by atoms with Crippen LogP contribution >= 0.6 is 11.8 Å². The molecule has 0 aliphatic rings. The number of nitrogens with one attached hydrogen (secondary N) is 1. The average molecular weight is 306 g/mol. The number of likely N-dealkylation sites (N-methyl/N-ethyl adjacent to an activating group) is 1. The molecule has 1 heterocycles. The molecule has 2 aromatic rings. The van der Waals surface area contributed by atoms with Gasteiger partial charge in [-0.1, -0.05) is 42.1 Å². The Morgan fingerprint density at radius 1 is 1.29 bits per heavy atom. The van der Waals surface area contributed by atoms with Gasteiger partial charge in [0.1, 0.15) is 5.82 Å². The Hall–Kier alpha value is -1.37. The highest BCUT2D eigenvalue weighted by Gasteiger charge is 2.29. The molecule has 0 fully saturated rings. The van der Waals surface area contributed by atoms with Crippen LogP contribution in [0.25, 0.3) is 0 Å². The summed E-state index contributed by atoms with van der Waals surface area (Å²) in [4.78, 5) is 0. The zero-order valence-electron chi connectivity index (χ0n) is 12.7. The maximum absolute atomic E-state index is 9.88. The Morgan fingerprint density at radius 2 is 2.00 bits per heavy atom. The first-order valence-electron chi connectivity index (χ1n) is 6.97. The predicted molar refractivity (Wildman–Crippen MR) is 85.3 cm³/mol. The highest BCUT2D eigenvalue weighted by molar-refractivity contribution is 7.99. The molecule has 0 spiro atoms. The Bertz CT molecular complexity index is 566. The quantitative estimate of drug-likeness (QED) is 0.763. The fourth-order valence-electron chi connectivity index (χ4n) is 2.25. The van der Waals surface area contributed by atoms with Crippen molar-refractivity contribution in [3.8, 4) is 0 Å². The minimum absolute atomic E-state index is 0.0614. The summed E-state index contributed by atoms with van der Waals surface area (Å²) in [6, 6.07) is 10.1. The van der Waals surface area contributed by atoms with Crippen molar-refractivity contribution in [1.82, 2.24) is 20.1 Å². The van der Waals surface area contributed by atoms with Crippen molar-refractivity contribution in [3.05, 3.63) is 41.7 Å². The molecule has 114 valence electrons. The monoisotopic (exact) mass is 306 g/mol. The second-order valence-electron chi connectivity index (χ2n) is 5.04. The molecular weight excluding hydrogens is 284 g/mol. The van der Waals surface area contributed by atoms with Crippen LogP contribution < -0.4 is 5.32 Å². The van der Waals surface area contributed by atoms with E-state index in [-0.39, 0.29) is 6.61 Å². The van der Waals surface area contributed by atoms with E-state index in [4.69, 9.17) is 0 Å². The van der Waals surface area contributed by atoms with Crippen molar-refractivity contribution in [2.75, 3.05) is 19.4 Å². The number of nitrogens with zero attached hydrogens (tertiary/aromatic N) is 3. The smallest absolute Gasteiger partial charge is 0.190 e. The summed E-state index contributed by atoms with van der Waals surface area (Å²) in [5, 5.41) is 22.3. The first kappa shape index (κ1) is 16.0. The predicted octanol–water partition coefficient (Wildman–Crippen LogP) is 1.71. The first-order valence-corrected chi connectivity index (χ1v) is 7.95. The molecule has 5 nitrogen and oxygen atoms in total. The van der Waals surface area contributed by atoms with Crippen LogP contribution in [0.1, 0.15) is 17.8 Å². The van der Waals surface area contributed by atoms with Gasteiger partial charge in [0.2, 0.25) is 0 Å². The zero-order valence-corrected chi connectivity index (χ0v) is 13.5. The summed E-state index contributed by atoms with van der Waals surface area (Å²) in [5.74, 6) is 1.75. The molecule has 0 aliphatic heterocycles. The number of benzene rings is 1. The topological polar surface area (TPSA) is 63.0 Å². The molecule has 1 aromatic carbocycles. The number of aromatic nitrogens is 3. The van der Waals surface area contributed by atoms with E-state index >= 15 is 0 Å². The molecule has 6 heteroatoms. The summed E-state index contributed by atoms with van der Waals surface area (Å²) in [7, 11) is 3.85. The Morgan fingerprint density at radius 3 is 2.52 bits per heavy atom. The molecule has 2 rings (SSSR count). The lowest BCUT2D eigenvalue weighted by Gasteiger charge is -2.32. The number of aliphatic hydroxyl groups is 1. The van der Waals surface area contributed by atoms with E-state index in [1.165, 1.54) is 0 Å². The minimum Gasteiger partial charge on any atom is -0.394 e. The van der Waals surface area contributed by atoms with Crippen LogP contribution in [0, 0.1) is 6.92 Å². The van der Waals surface area contributed by atoms with Crippen LogP contribution in [-0.2, 0) is 12.6 Å². The van der Waals surface area contributed by atoms with E-state index in [1.54, 1.807) is 11.8 Å². The van der Waals surface area contributed by atoms with Gasteiger partial charge >= 0.3 is 0 Å². The molecule has 0 bridgehead atoms. The van der Waals surface area contributed by atoms with E-state index in [2.05, 4.69) is 15.5 Å². The SMILES string of the molecule is CNC(CO)(CCSc1nnc(C)n1C)c1ccccc1. The maximum atomic E-state index is 9.88. The van der Waals surface area contributed by atoms with Crippen LogP contribution in [0.2, 0.25) is 0 Å². The molecule has 0 saturated carbocycles. The van der Waals surface area contributed by atoms with Gasteiger partial charge in [-0.3, -0.25) is 0 Å². The Labute approximate surface area is 129 Å². The number of rotatable bonds is 7. The van der Waals surface area contributed by atoms with Gasteiger partial charge in [0, 0.05) is 12.8 Å².